The largest absolute Gasteiger partial charge is 0.353 e. The Kier molecular flexibility index (Phi) is 7.36. The number of nitrogens with zero attached hydrogens (tertiary/aromatic N) is 2. The van der Waals surface area contributed by atoms with Gasteiger partial charge < -0.3 is 5.32 Å². The van der Waals surface area contributed by atoms with Crippen LogP contribution in [0.4, 0.5) is 0 Å². The van der Waals surface area contributed by atoms with Crippen LogP contribution in [0.5, 0.6) is 0 Å². The molecule has 0 aromatic heterocycles. The zero-order chi connectivity index (χ0) is 20.1. The van der Waals surface area contributed by atoms with Crippen LogP contribution < -0.4 is 5.32 Å². The van der Waals surface area contributed by atoms with Crippen LogP contribution in [0.3, 0.4) is 0 Å². The molecule has 1 N–H and O–H groups in total. The first-order valence-corrected chi connectivity index (χ1v) is 12.2. The van der Waals surface area contributed by atoms with Crippen molar-refractivity contribution in [1.29, 1.82) is 0 Å². The molecule has 8 heteroatoms. The first kappa shape index (κ1) is 21.6. The monoisotopic (exact) mass is 427 g/mol. The molecular weight excluding hydrogens is 398 g/mol. The summed E-state index contributed by atoms with van der Waals surface area (Å²) in [7, 11) is -3.37. The lowest BCUT2D eigenvalue weighted by molar-refractivity contribution is -0.124. The summed E-state index contributed by atoms with van der Waals surface area (Å²) in [5.74, 6) is -0.0983. The number of sulfonamides is 1. The maximum atomic E-state index is 12.9. The lowest BCUT2D eigenvalue weighted by Gasteiger charge is -2.29. The van der Waals surface area contributed by atoms with Crippen LogP contribution in [0.15, 0.2) is 24.3 Å². The van der Waals surface area contributed by atoms with Gasteiger partial charge in [-0.05, 0) is 62.9 Å². The van der Waals surface area contributed by atoms with E-state index in [1.807, 2.05) is 31.2 Å². The second-order valence-corrected chi connectivity index (χ2v) is 10.1. The van der Waals surface area contributed by atoms with Crippen molar-refractivity contribution in [2.45, 2.75) is 51.1 Å². The molecule has 156 valence electrons. The van der Waals surface area contributed by atoms with E-state index in [1.54, 1.807) is 0 Å². The van der Waals surface area contributed by atoms with Gasteiger partial charge in [0.05, 0.1) is 11.8 Å². The van der Waals surface area contributed by atoms with E-state index in [0.29, 0.717) is 31.0 Å². The van der Waals surface area contributed by atoms with Crippen LogP contribution in [-0.4, -0.2) is 61.5 Å². The number of amides is 1. The molecule has 0 spiro atoms. The van der Waals surface area contributed by atoms with Gasteiger partial charge in [0.25, 0.3) is 0 Å². The van der Waals surface area contributed by atoms with Gasteiger partial charge in [-0.15, -0.1) is 0 Å². The minimum Gasteiger partial charge on any atom is -0.353 e. The number of halogens is 1. The van der Waals surface area contributed by atoms with Gasteiger partial charge in [0.2, 0.25) is 15.9 Å². The van der Waals surface area contributed by atoms with Crippen LogP contribution in [0.2, 0.25) is 5.02 Å². The third-order valence-electron chi connectivity index (χ3n) is 5.61. The second-order valence-electron chi connectivity index (χ2n) is 7.64. The molecule has 0 aliphatic carbocycles. The number of carbonyl (C=O) groups excluding carboxylic acids is 1. The van der Waals surface area contributed by atoms with Gasteiger partial charge in [-0.1, -0.05) is 30.7 Å². The number of benzene rings is 1. The van der Waals surface area contributed by atoms with Crippen molar-refractivity contribution in [3.8, 4) is 0 Å². The van der Waals surface area contributed by atoms with Crippen molar-refractivity contribution in [3.05, 3.63) is 34.9 Å². The Morgan fingerprint density at radius 3 is 2.68 bits per heavy atom. The molecular formula is C20H30ClN3O3S. The smallest absolute Gasteiger partial charge is 0.238 e. The molecule has 1 aromatic rings. The molecule has 2 aliphatic heterocycles. The average Bonchev–Trinajstić information content (AvgIpc) is 3.34. The van der Waals surface area contributed by atoms with Crippen LogP contribution in [0, 0.1) is 0 Å². The van der Waals surface area contributed by atoms with E-state index >= 15 is 0 Å². The predicted octanol–water partition coefficient (Wildman–Crippen LogP) is 2.80. The fraction of sp³-hybridized carbons (Fsp3) is 0.650. The highest BCUT2D eigenvalue weighted by Crippen LogP contribution is 2.27. The summed E-state index contributed by atoms with van der Waals surface area (Å²) < 4.78 is 26.4. The molecule has 1 aromatic carbocycles. The summed E-state index contributed by atoms with van der Waals surface area (Å²) in [5.41, 5.74) is 1.08. The standard InChI is InChI=1S/C20H30ClN3O3S/c1-2-13-28(26,27)24-12-6-9-18(24)20(25)22-15-19(23-10-3-4-11-23)16-7-5-8-17(21)14-16/h5,7-8,14,18-19H,2-4,6,9-13,15H2,1H3,(H,22,25). The topological polar surface area (TPSA) is 69.7 Å². The summed E-state index contributed by atoms with van der Waals surface area (Å²) in [6, 6.07) is 7.22. The van der Waals surface area contributed by atoms with E-state index in [9.17, 15) is 13.2 Å². The maximum Gasteiger partial charge on any atom is 0.238 e. The Balaban J connectivity index is 1.69. The van der Waals surface area contributed by atoms with Crippen molar-refractivity contribution in [2.75, 3.05) is 31.9 Å². The third-order valence-corrected chi connectivity index (χ3v) is 7.92. The molecule has 2 unspecified atom stereocenters. The summed E-state index contributed by atoms with van der Waals surface area (Å²) in [4.78, 5) is 15.2. The normalized spacial score (nSPS) is 22.4. The van der Waals surface area contributed by atoms with Crippen molar-refractivity contribution in [3.63, 3.8) is 0 Å². The first-order chi connectivity index (χ1) is 13.4. The molecule has 2 fully saturated rings. The molecule has 2 atom stereocenters. The Labute approximate surface area is 173 Å². The second kappa shape index (κ2) is 9.57. The Morgan fingerprint density at radius 2 is 2.00 bits per heavy atom. The van der Waals surface area contributed by atoms with Crippen LogP contribution >= 0.6 is 11.6 Å². The molecule has 0 saturated carbocycles. The number of nitrogens with one attached hydrogen (secondary N) is 1. The van der Waals surface area contributed by atoms with Crippen molar-refractivity contribution < 1.29 is 13.2 Å². The van der Waals surface area contributed by atoms with E-state index in [0.717, 1.165) is 37.9 Å². The number of hydrogen-bond acceptors (Lipinski definition) is 4. The van der Waals surface area contributed by atoms with Crippen molar-refractivity contribution in [1.82, 2.24) is 14.5 Å². The first-order valence-electron chi connectivity index (χ1n) is 10.2. The van der Waals surface area contributed by atoms with Crippen LogP contribution in [0.1, 0.15) is 50.6 Å². The highest BCUT2D eigenvalue weighted by molar-refractivity contribution is 7.89. The van der Waals surface area contributed by atoms with E-state index in [1.165, 1.54) is 4.31 Å². The molecule has 1 amide bonds. The van der Waals surface area contributed by atoms with Gasteiger partial charge in [0.15, 0.2) is 0 Å². The molecule has 0 radical (unpaired) electrons. The lowest BCUT2D eigenvalue weighted by Crippen LogP contribution is -2.48. The van der Waals surface area contributed by atoms with Crippen molar-refractivity contribution >= 4 is 27.5 Å². The van der Waals surface area contributed by atoms with Gasteiger partial charge in [0, 0.05) is 18.1 Å². The van der Waals surface area contributed by atoms with E-state index in [-0.39, 0.29) is 17.7 Å². The number of hydrogen-bond donors (Lipinski definition) is 1. The molecule has 2 heterocycles. The highest BCUT2D eigenvalue weighted by Gasteiger charge is 2.38. The number of carbonyl (C=O) groups is 1. The molecule has 6 nitrogen and oxygen atoms in total. The van der Waals surface area contributed by atoms with E-state index < -0.39 is 16.1 Å². The summed E-state index contributed by atoms with van der Waals surface area (Å²) in [6.07, 6.45) is 4.16. The van der Waals surface area contributed by atoms with Crippen molar-refractivity contribution in [2.24, 2.45) is 0 Å². The lowest BCUT2D eigenvalue weighted by atomic mass is 10.1. The Morgan fingerprint density at radius 1 is 1.25 bits per heavy atom. The molecule has 3 rings (SSSR count). The summed E-state index contributed by atoms with van der Waals surface area (Å²) in [5, 5.41) is 3.72. The SMILES string of the molecule is CCCS(=O)(=O)N1CCCC1C(=O)NCC(c1cccc(Cl)c1)N1CCCC1. The quantitative estimate of drug-likeness (QED) is 0.692. The zero-order valence-electron chi connectivity index (χ0n) is 16.4. The predicted molar refractivity (Wildman–Crippen MR) is 112 cm³/mol. The Hall–Kier alpha value is -1.15. The minimum absolute atomic E-state index is 0.0484. The molecule has 2 saturated heterocycles. The minimum atomic E-state index is -3.37. The van der Waals surface area contributed by atoms with E-state index in [4.69, 9.17) is 11.6 Å². The fourth-order valence-corrected chi connectivity index (χ4v) is 6.20. The Bertz CT molecular complexity index is 781. The van der Waals surface area contributed by atoms with E-state index in [2.05, 4.69) is 10.2 Å². The molecule has 28 heavy (non-hydrogen) atoms. The molecule has 0 bridgehead atoms. The molecule has 2 aliphatic rings. The van der Waals surface area contributed by atoms with Crippen LogP contribution in [0.25, 0.3) is 0 Å². The number of likely N-dealkylation sites (tertiary alicyclic amines) is 1. The van der Waals surface area contributed by atoms with Gasteiger partial charge in [-0.25, -0.2) is 8.42 Å². The summed E-state index contributed by atoms with van der Waals surface area (Å²) >= 11 is 6.18. The third kappa shape index (κ3) is 5.06. The van der Waals surface area contributed by atoms with Crippen LogP contribution in [-0.2, 0) is 14.8 Å². The average molecular weight is 428 g/mol. The summed E-state index contributed by atoms with van der Waals surface area (Å²) in [6.45, 7) is 4.72. The van der Waals surface area contributed by atoms with Gasteiger partial charge in [0.1, 0.15) is 6.04 Å². The zero-order valence-corrected chi connectivity index (χ0v) is 18.0. The fourth-order valence-electron chi connectivity index (χ4n) is 4.25. The maximum absolute atomic E-state index is 12.9. The number of rotatable bonds is 8. The van der Waals surface area contributed by atoms with Gasteiger partial charge >= 0.3 is 0 Å². The van der Waals surface area contributed by atoms with Gasteiger partial charge in [-0.2, -0.15) is 4.31 Å². The van der Waals surface area contributed by atoms with Gasteiger partial charge in [-0.3, -0.25) is 9.69 Å². The highest BCUT2D eigenvalue weighted by atomic mass is 35.5.